The minimum atomic E-state index is -0.510. The van der Waals surface area contributed by atoms with Crippen molar-refractivity contribution in [3.8, 4) is 11.6 Å². The average molecular weight is 256 g/mol. The molecule has 0 saturated carbocycles. The summed E-state index contributed by atoms with van der Waals surface area (Å²) in [5.41, 5.74) is 6.83. The Morgan fingerprint density at radius 1 is 1.50 bits per heavy atom. The molecular weight excluding hydrogens is 250 g/mol. The predicted molar refractivity (Wildman–Crippen MR) is 49.6 cm³/mol. The molecule has 1 aromatic carbocycles. The van der Waals surface area contributed by atoms with Crippen molar-refractivity contribution in [2.75, 3.05) is 5.73 Å². The number of nitrogens with zero attached hydrogens (tertiary/aromatic N) is 2. The highest BCUT2D eigenvalue weighted by atomic mass is 79.9. The van der Waals surface area contributed by atoms with E-state index in [1.807, 2.05) is 0 Å². The number of nitrogens with two attached hydrogens (primary N) is 1. The zero-order valence-corrected chi connectivity index (χ0v) is 8.56. The molecule has 0 unspecified atom stereocenters. The van der Waals surface area contributed by atoms with Crippen molar-refractivity contribution >= 4 is 21.6 Å². The lowest BCUT2D eigenvalue weighted by molar-refractivity contribution is -0.669. The van der Waals surface area contributed by atoms with E-state index in [-0.39, 0.29) is 0 Å². The van der Waals surface area contributed by atoms with Crippen LogP contribution in [0.5, 0.6) is 5.95 Å². The molecule has 5 nitrogen and oxygen atoms in total. The fourth-order valence-electron chi connectivity index (χ4n) is 1.06. The van der Waals surface area contributed by atoms with Gasteiger partial charge in [-0.15, -0.1) is 0 Å². The molecule has 0 atom stereocenters. The van der Waals surface area contributed by atoms with Gasteiger partial charge in [0.05, 0.1) is 5.27 Å². The van der Waals surface area contributed by atoms with Gasteiger partial charge in [0, 0.05) is 10.5 Å². The number of aromatic nitrogens is 2. The number of halogens is 1. The smallest absolute Gasteiger partial charge is 0.263 e. The molecule has 72 valence electrons. The third-order valence-corrected chi connectivity index (χ3v) is 2.18. The maximum absolute atomic E-state index is 10.8. The molecular formula is C8H6BrN3O2. The van der Waals surface area contributed by atoms with Crippen LogP contribution in [0, 0.1) is 0 Å². The van der Waals surface area contributed by atoms with Gasteiger partial charge in [-0.25, -0.2) is 0 Å². The molecule has 0 saturated heterocycles. The number of rotatable bonds is 1. The normalized spacial score (nSPS) is 10.4. The zero-order valence-electron chi connectivity index (χ0n) is 6.98. The molecule has 2 N–H and O–H groups in total. The third kappa shape index (κ3) is 1.56. The Morgan fingerprint density at radius 2 is 2.29 bits per heavy atom. The van der Waals surface area contributed by atoms with Crippen LogP contribution in [0.1, 0.15) is 0 Å². The van der Waals surface area contributed by atoms with Crippen molar-refractivity contribution in [1.29, 1.82) is 0 Å². The summed E-state index contributed by atoms with van der Waals surface area (Å²) in [6.07, 6.45) is 1.22. The molecule has 0 bridgehead atoms. The first-order valence-electron chi connectivity index (χ1n) is 3.78. The predicted octanol–water partition coefficient (Wildman–Crippen LogP) is 0.370. The third-order valence-electron chi connectivity index (χ3n) is 1.69. The Balaban J connectivity index is 2.55. The molecule has 0 fully saturated rings. The van der Waals surface area contributed by atoms with Crippen molar-refractivity contribution < 1.29 is 14.3 Å². The first-order chi connectivity index (χ1) is 6.66. The summed E-state index contributed by atoms with van der Waals surface area (Å²) in [5.74, 6) is -0.510. The number of nitrogen functional groups attached to an aromatic ring is 1. The van der Waals surface area contributed by atoms with Crippen LogP contribution >= 0.6 is 15.9 Å². The van der Waals surface area contributed by atoms with Gasteiger partial charge in [0.15, 0.2) is 0 Å². The maximum atomic E-state index is 10.8. The van der Waals surface area contributed by atoms with Crippen molar-refractivity contribution in [2.45, 2.75) is 0 Å². The molecule has 1 heterocycles. The van der Waals surface area contributed by atoms with Gasteiger partial charge in [-0.2, -0.15) is 0 Å². The topological polar surface area (TPSA) is 79.0 Å². The number of anilines is 1. The van der Waals surface area contributed by atoms with Gasteiger partial charge in [0.1, 0.15) is 11.6 Å². The summed E-state index contributed by atoms with van der Waals surface area (Å²) in [5, 5.41) is 14.3. The monoisotopic (exact) mass is 255 g/mol. The summed E-state index contributed by atoms with van der Waals surface area (Å²) in [4.78, 5) is 0. The largest absolute Gasteiger partial charge is 0.539 e. The summed E-state index contributed by atoms with van der Waals surface area (Å²) >= 11 is 3.29. The van der Waals surface area contributed by atoms with Crippen LogP contribution in [0.15, 0.2) is 33.4 Å². The van der Waals surface area contributed by atoms with E-state index in [2.05, 4.69) is 25.7 Å². The number of hydrogen-bond acceptors (Lipinski definition) is 4. The van der Waals surface area contributed by atoms with Crippen molar-refractivity contribution in [3.63, 3.8) is 0 Å². The van der Waals surface area contributed by atoms with E-state index >= 15 is 0 Å². The maximum Gasteiger partial charge on any atom is 0.263 e. The highest BCUT2D eigenvalue weighted by molar-refractivity contribution is 9.10. The van der Waals surface area contributed by atoms with Crippen LogP contribution in [0.25, 0.3) is 5.69 Å². The van der Waals surface area contributed by atoms with E-state index in [9.17, 15) is 5.11 Å². The van der Waals surface area contributed by atoms with E-state index in [0.717, 1.165) is 4.47 Å². The molecule has 1 aromatic heterocycles. The molecule has 0 aliphatic rings. The lowest BCUT2D eigenvalue weighted by atomic mass is 10.3. The SMILES string of the molecule is Nc1ccc(Br)cc1-[n+]1cc([O-])on1. The van der Waals surface area contributed by atoms with Gasteiger partial charge in [0.25, 0.3) is 5.69 Å². The molecule has 0 amide bonds. The Labute approximate surface area is 87.9 Å². The minimum Gasteiger partial charge on any atom is -0.539 e. The minimum absolute atomic E-state index is 0.510. The van der Waals surface area contributed by atoms with Crippen molar-refractivity contribution in [3.05, 3.63) is 28.9 Å². The molecule has 0 aliphatic carbocycles. The van der Waals surface area contributed by atoms with Gasteiger partial charge in [-0.3, -0.25) is 0 Å². The second-order valence-electron chi connectivity index (χ2n) is 2.67. The van der Waals surface area contributed by atoms with Gasteiger partial charge in [0.2, 0.25) is 6.20 Å². The van der Waals surface area contributed by atoms with Crippen LogP contribution in [0.4, 0.5) is 5.69 Å². The summed E-state index contributed by atoms with van der Waals surface area (Å²) in [7, 11) is 0. The van der Waals surface area contributed by atoms with Crippen LogP contribution in [-0.2, 0) is 0 Å². The Kier molecular flexibility index (Phi) is 2.12. The highest BCUT2D eigenvalue weighted by Crippen LogP contribution is 2.18. The average Bonchev–Trinajstić information content (AvgIpc) is 2.56. The summed E-state index contributed by atoms with van der Waals surface area (Å²) in [6.45, 7) is 0. The van der Waals surface area contributed by atoms with E-state index in [1.165, 1.54) is 10.9 Å². The van der Waals surface area contributed by atoms with Crippen LogP contribution in [0.2, 0.25) is 0 Å². The van der Waals surface area contributed by atoms with Crippen molar-refractivity contribution in [2.24, 2.45) is 0 Å². The lowest BCUT2D eigenvalue weighted by Gasteiger charge is -1.95. The molecule has 0 aliphatic heterocycles. The van der Waals surface area contributed by atoms with Crippen LogP contribution in [0.3, 0.4) is 0 Å². The van der Waals surface area contributed by atoms with Gasteiger partial charge in [-0.1, -0.05) is 15.9 Å². The summed E-state index contributed by atoms with van der Waals surface area (Å²) in [6, 6.07) is 5.26. The second-order valence-corrected chi connectivity index (χ2v) is 3.58. The Hall–Kier alpha value is -1.56. The summed E-state index contributed by atoms with van der Waals surface area (Å²) < 4.78 is 6.55. The first-order valence-corrected chi connectivity index (χ1v) is 4.57. The Morgan fingerprint density at radius 3 is 2.93 bits per heavy atom. The zero-order chi connectivity index (χ0) is 10.1. The molecule has 0 spiro atoms. The molecule has 2 rings (SSSR count). The van der Waals surface area contributed by atoms with E-state index < -0.39 is 5.95 Å². The molecule has 6 heteroatoms. The van der Waals surface area contributed by atoms with E-state index in [4.69, 9.17) is 5.73 Å². The molecule has 14 heavy (non-hydrogen) atoms. The number of hydrogen-bond donors (Lipinski definition) is 1. The van der Waals surface area contributed by atoms with Crippen LogP contribution < -0.4 is 15.5 Å². The van der Waals surface area contributed by atoms with Gasteiger partial charge in [-0.05, 0) is 16.8 Å². The molecule has 0 radical (unpaired) electrons. The standard InChI is InChI=1S/C8H6BrN3O2/c9-5-1-2-6(10)7(3-5)12-4-8(13)14-11-12/h1-4H,(H2-,10,11,13). The van der Waals surface area contributed by atoms with Crippen molar-refractivity contribution in [1.82, 2.24) is 5.27 Å². The molecule has 2 aromatic rings. The Bertz CT molecular complexity index is 469. The lowest BCUT2D eigenvalue weighted by Crippen LogP contribution is -2.32. The number of benzene rings is 1. The van der Waals surface area contributed by atoms with Crippen LogP contribution in [-0.4, -0.2) is 5.27 Å². The fourth-order valence-corrected chi connectivity index (χ4v) is 1.41. The van der Waals surface area contributed by atoms with E-state index in [1.54, 1.807) is 18.2 Å². The van der Waals surface area contributed by atoms with Gasteiger partial charge < -0.3 is 15.4 Å². The quantitative estimate of drug-likeness (QED) is 0.590. The second kappa shape index (κ2) is 3.30. The van der Waals surface area contributed by atoms with E-state index in [0.29, 0.717) is 11.4 Å². The first kappa shape index (κ1) is 9.01. The highest BCUT2D eigenvalue weighted by Gasteiger charge is 2.13. The van der Waals surface area contributed by atoms with Gasteiger partial charge >= 0.3 is 0 Å². The fraction of sp³-hybridized carbons (Fsp3) is 0.